The number of nitrogens with zero attached hydrogens (tertiary/aromatic N) is 2. The van der Waals surface area contributed by atoms with Gasteiger partial charge in [0, 0.05) is 19.0 Å². The lowest BCUT2D eigenvalue weighted by Gasteiger charge is -2.21. The number of aromatic amines is 1. The number of halogens is 3. The number of para-hydroxylation sites is 1. The standard InChI is InChI=1S/C20H20F3N3O3/c1-12-7-8-16-14(9-12)18(25-24-16)19(28)26(2)10-13(27)11-29-17-6-4-3-5-15(17)20(21,22)23/h3-9,13,27H,10-11H2,1-2H3,(H,24,25)/t13-/m0/s1. The Morgan fingerprint density at radius 1 is 1.28 bits per heavy atom. The van der Waals surface area contributed by atoms with Crippen LogP contribution >= 0.6 is 0 Å². The Bertz CT molecular complexity index is 1020. The fraction of sp³-hybridized carbons (Fsp3) is 0.300. The molecule has 1 heterocycles. The summed E-state index contributed by atoms with van der Waals surface area (Å²) in [6.45, 7) is 1.36. The van der Waals surface area contributed by atoms with Gasteiger partial charge in [0.05, 0.1) is 11.1 Å². The van der Waals surface area contributed by atoms with Crippen molar-refractivity contribution < 1.29 is 27.8 Å². The highest BCUT2D eigenvalue weighted by molar-refractivity contribution is 6.04. The largest absolute Gasteiger partial charge is 0.490 e. The number of aliphatic hydroxyl groups excluding tert-OH is 1. The number of hydrogen-bond donors (Lipinski definition) is 2. The van der Waals surface area contributed by atoms with Crippen LogP contribution in [0.15, 0.2) is 42.5 Å². The topological polar surface area (TPSA) is 78.5 Å². The maximum absolute atomic E-state index is 13.0. The summed E-state index contributed by atoms with van der Waals surface area (Å²) in [5.41, 5.74) is 0.962. The summed E-state index contributed by atoms with van der Waals surface area (Å²) in [7, 11) is 1.48. The van der Waals surface area contributed by atoms with E-state index in [2.05, 4.69) is 10.2 Å². The lowest BCUT2D eigenvalue weighted by molar-refractivity contribution is -0.139. The highest BCUT2D eigenvalue weighted by Crippen LogP contribution is 2.35. The molecule has 2 N–H and O–H groups in total. The van der Waals surface area contributed by atoms with Gasteiger partial charge in [0.2, 0.25) is 0 Å². The molecule has 0 saturated heterocycles. The normalized spacial score (nSPS) is 12.8. The Morgan fingerprint density at radius 2 is 2.00 bits per heavy atom. The van der Waals surface area contributed by atoms with E-state index < -0.39 is 30.4 Å². The van der Waals surface area contributed by atoms with E-state index in [0.29, 0.717) is 10.9 Å². The number of ether oxygens (including phenoxy) is 1. The number of alkyl halides is 3. The van der Waals surface area contributed by atoms with Gasteiger partial charge < -0.3 is 14.7 Å². The molecular formula is C20H20F3N3O3. The van der Waals surface area contributed by atoms with Crippen molar-refractivity contribution >= 4 is 16.8 Å². The van der Waals surface area contributed by atoms with Crippen LogP contribution in [0.25, 0.3) is 10.9 Å². The summed E-state index contributed by atoms with van der Waals surface area (Å²) in [6.07, 6.45) is -5.75. The molecule has 154 valence electrons. The molecule has 2 aromatic carbocycles. The SMILES string of the molecule is Cc1ccc2[nH]nc(C(=O)N(C)C[C@H](O)COc3ccccc3C(F)(F)F)c2c1. The fourth-order valence-corrected chi connectivity index (χ4v) is 2.94. The van der Waals surface area contributed by atoms with E-state index in [-0.39, 0.29) is 18.0 Å². The molecule has 29 heavy (non-hydrogen) atoms. The van der Waals surface area contributed by atoms with Crippen molar-refractivity contribution in [1.29, 1.82) is 0 Å². The second-order valence-corrected chi connectivity index (χ2v) is 6.77. The fourth-order valence-electron chi connectivity index (χ4n) is 2.94. The first-order valence-corrected chi connectivity index (χ1v) is 8.84. The summed E-state index contributed by atoms with van der Waals surface area (Å²) in [6, 6.07) is 10.3. The van der Waals surface area contributed by atoms with Crippen molar-refractivity contribution in [2.24, 2.45) is 0 Å². The van der Waals surface area contributed by atoms with Crippen molar-refractivity contribution in [3.05, 3.63) is 59.3 Å². The zero-order chi connectivity index (χ0) is 21.2. The Hall–Kier alpha value is -3.07. The highest BCUT2D eigenvalue weighted by atomic mass is 19.4. The van der Waals surface area contributed by atoms with Crippen LogP contribution in [0.3, 0.4) is 0 Å². The van der Waals surface area contributed by atoms with E-state index in [1.807, 2.05) is 25.1 Å². The molecule has 0 aliphatic rings. The monoisotopic (exact) mass is 407 g/mol. The molecule has 1 amide bonds. The minimum Gasteiger partial charge on any atom is -0.490 e. The van der Waals surface area contributed by atoms with E-state index >= 15 is 0 Å². The molecule has 1 atom stereocenters. The molecule has 9 heteroatoms. The summed E-state index contributed by atoms with van der Waals surface area (Å²) >= 11 is 0. The summed E-state index contributed by atoms with van der Waals surface area (Å²) in [5.74, 6) is -0.793. The lowest BCUT2D eigenvalue weighted by atomic mass is 10.1. The minimum absolute atomic E-state index is 0.132. The van der Waals surface area contributed by atoms with Gasteiger partial charge in [-0.25, -0.2) is 0 Å². The average Bonchev–Trinajstić information content (AvgIpc) is 3.08. The molecule has 0 saturated carbocycles. The van der Waals surface area contributed by atoms with Gasteiger partial charge in [-0.15, -0.1) is 0 Å². The Morgan fingerprint density at radius 3 is 2.72 bits per heavy atom. The van der Waals surface area contributed by atoms with Crippen molar-refractivity contribution in [2.75, 3.05) is 20.2 Å². The molecular weight excluding hydrogens is 387 g/mol. The number of H-pyrrole nitrogens is 1. The van der Waals surface area contributed by atoms with Crippen LogP contribution in [0.4, 0.5) is 13.2 Å². The molecule has 3 rings (SSSR count). The number of aliphatic hydroxyl groups is 1. The third-order valence-corrected chi connectivity index (χ3v) is 4.38. The van der Waals surface area contributed by atoms with Crippen LogP contribution in [-0.4, -0.2) is 52.4 Å². The number of rotatable bonds is 6. The van der Waals surface area contributed by atoms with E-state index in [1.165, 1.54) is 30.1 Å². The number of carbonyl (C=O) groups excluding carboxylic acids is 1. The number of likely N-dealkylation sites (N-methyl/N-ethyl adjacent to an activating group) is 1. The van der Waals surface area contributed by atoms with Gasteiger partial charge in [0.25, 0.3) is 5.91 Å². The van der Waals surface area contributed by atoms with E-state index in [1.54, 1.807) is 0 Å². The first kappa shape index (κ1) is 20.7. The van der Waals surface area contributed by atoms with Crippen LogP contribution in [0.5, 0.6) is 5.75 Å². The predicted molar refractivity (Wildman–Crippen MR) is 101 cm³/mol. The second-order valence-electron chi connectivity index (χ2n) is 6.77. The van der Waals surface area contributed by atoms with Crippen molar-refractivity contribution in [3.63, 3.8) is 0 Å². The van der Waals surface area contributed by atoms with Crippen molar-refractivity contribution in [2.45, 2.75) is 19.2 Å². The van der Waals surface area contributed by atoms with E-state index in [0.717, 1.165) is 11.6 Å². The van der Waals surface area contributed by atoms with Gasteiger partial charge in [0.1, 0.15) is 18.5 Å². The number of amides is 1. The van der Waals surface area contributed by atoms with Crippen LogP contribution < -0.4 is 4.74 Å². The number of aromatic nitrogens is 2. The number of benzene rings is 2. The molecule has 0 fully saturated rings. The lowest BCUT2D eigenvalue weighted by Crippen LogP contribution is -2.37. The van der Waals surface area contributed by atoms with Gasteiger partial charge in [-0.2, -0.15) is 18.3 Å². The van der Waals surface area contributed by atoms with Crippen molar-refractivity contribution in [1.82, 2.24) is 15.1 Å². The molecule has 0 radical (unpaired) electrons. The zero-order valence-corrected chi connectivity index (χ0v) is 15.8. The smallest absolute Gasteiger partial charge is 0.419 e. The molecule has 0 aliphatic carbocycles. The van der Waals surface area contributed by atoms with Gasteiger partial charge in [-0.05, 0) is 31.2 Å². The van der Waals surface area contributed by atoms with Crippen LogP contribution in [0.1, 0.15) is 21.6 Å². The number of carbonyl (C=O) groups is 1. The first-order chi connectivity index (χ1) is 13.7. The summed E-state index contributed by atoms with van der Waals surface area (Å²) in [5, 5.41) is 17.6. The molecule has 0 aliphatic heterocycles. The Labute approximate surface area is 164 Å². The van der Waals surface area contributed by atoms with E-state index in [4.69, 9.17) is 4.74 Å². The molecule has 0 spiro atoms. The Balaban J connectivity index is 1.64. The molecule has 6 nitrogen and oxygen atoms in total. The zero-order valence-electron chi connectivity index (χ0n) is 15.8. The number of fused-ring (bicyclic) bond motifs is 1. The van der Waals surface area contributed by atoms with Gasteiger partial charge in [-0.3, -0.25) is 9.89 Å². The third kappa shape index (κ3) is 4.68. The number of nitrogens with one attached hydrogen (secondary N) is 1. The number of hydrogen-bond acceptors (Lipinski definition) is 4. The molecule has 0 bridgehead atoms. The molecule has 1 aromatic heterocycles. The maximum atomic E-state index is 13.0. The summed E-state index contributed by atoms with van der Waals surface area (Å²) in [4.78, 5) is 13.9. The number of aryl methyl sites for hydroxylation is 1. The van der Waals surface area contributed by atoms with Gasteiger partial charge >= 0.3 is 6.18 Å². The van der Waals surface area contributed by atoms with E-state index in [9.17, 15) is 23.1 Å². The van der Waals surface area contributed by atoms with Gasteiger partial charge in [-0.1, -0.05) is 23.8 Å². The van der Waals surface area contributed by atoms with Crippen molar-refractivity contribution in [3.8, 4) is 5.75 Å². The molecule has 0 unspecified atom stereocenters. The quantitative estimate of drug-likeness (QED) is 0.657. The second kappa shape index (κ2) is 8.12. The molecule has 3 aromatic rings. The Kier molecular flexibility index (Phi) is 5.78. The van der Waals surface area contributed by atoms with Crippen LogP contribution in [-0.2, 0) is 6.18 Å². The average molecular weight is 407 g/mol. The minimum atomic E-state index is -4.56. The summed E-state index contributed by atoms with van der Waals surface area (Å²) < 4.78 is 44.1. The first-order valence-electron chi connectivity index (χ1n) is 8.84. The van der Waals surface area contributed by atoms with Gasteiger partial charge in [0.15, 0.2) is 5.69 Å². The predicted octanol–water partition coefficient (Wildman–Crippen LogP) is 3.40. The maximum Gasteiger partial charge on any atom is 0.419 e. The van der Waals surface area contributed by atoms with Crippen LogP contribution in [0, 0.1) is 6.92 Å². The highest BCUT2D eigenvalue weighted by Gasteiger charge is 2.34. The van der Waals surface area contributed by atoms with Crippen LogP contribution in [0.2, 0.25) is 0 Å². The third-order valence-electron chi connectivity index (χ3n) is 4.38.